The van der Waals surface area contributed by atoms with Crippen molar-refractivity contribution >= 4 is 17.9 Å². The molecular weight excluding hydrogens is 985 g/mol. The highest BCUT2D eigenvalue weighted by molar-refractivity contribution is 5.71. The second-order valence-electron chi connectivity index (χ2n) is 22.7. The van der Waals surface area contributed by atoms with Crippen molar-refractivity contribution in [3.05, 3.63) is 97.2 Å². The van der Waals surface area contributed by atoms with Crippen LogP contribution in [0, 0.1) is 0 Å². The van der Waals surface area contributed by atoms with E-state index in [1.54, 1.807) is 0 Å². The maximum atomic E-state index is 12.9. The molecule has 0 saturated heterocycles. The Labute approximate surface area is 496 Å². The van der Waals surface area contributed by atoms with Crippen molar-refractivity contribution in [1.29, 1.82) is 0 Å². The predicted molar refractivity (Wildman–Crippen MR) is 348 cm³/mol. The van der Waals surface area contributed by atoms with Crippen LogP contribution in [-0.2, 0) is 28.6 Å². The van der Waals surface area contributed by atoms with Crippen LogP contribution in [0.1, 0.15) is 335 Å². The summed E-state index contributed by atoms with van der Waals surface area (Å²) in [5.41, 5.74) is 0. The fourth-order valence-electron chi connectivity index (χ4n) is 9.71. The molecule has 0 bridgehead atoms. The van der Waals surface area contributed by atoms with Crippen molar-refractivity contribution in [2.75, 3.05) is 13.2 Å². The Morgan fingerprint density at radius 3 is 0.775 bits per heavy atom. The van der Waals surface area contributed by atoms with Gasteiger partial charge in [0.15, 0.2) is 6.10 Å². The minimum atomic E-state index is -0.784. The highest BCUT2D eigenvalue weighted by atomic mass is 16.6. The number of unbranched alkanes of at least 4 members (excludes halogenated alkanes) is 35. The second kappa shape index (κ2) is 67.8. The highest BCUT2D eigenvalue weighted by Gasteiger charge is 2.19. The van der Waals surface area contributed by atoms with Crippen LogP contribution in [0.25, 0.3) is 0 Å². The monoisotopic (exact) mass is 1110 g/mol. The molecular formula is C74H128O6. The van der Waals surface area contributed by atoms with Gasteiger partial charge >= 0.3 is 17.9 Å². The van der Waals surface area contributed by atoms with Crippen molar-refractivity contribution in [2.45, 2.75) is 341 Å². The van der Waals surface area contributed by atoms with Gasteiger partial charge < -0.3 is 14.2 Å². The first-order chi connectivity index (χ1) is 39.5. The molecule has 0 aliphatic heterocycles. The topological polar surface area (TPSA) is 78.9 Å². The van der Waals surface area contributed by atoms with E-state index >= 15 is 0 Å². The molecule has 0 aliphatic carbocycles. The Morgan fingerprint density at radius 1 is 0.263 bits per heavy atom. The van der Waals surface area contributed by atoms with E-state index in [9.17, 15) is 14.4 Å². The largest absolute Gasteiger partial charge is 0.462 e. The minimum absolute atomic E-state index is 0.0783. The van der Waals surface area contributed by atoms with Gasteiger partial charge in [-0.1, -0.05) is 311 Å². The third-order valence-corrected chi connectivity index (χ3v) is 14.8. The van der Waals surface area contributed by atoms with Gasteiger partial charge in [-0.3, -0.25) is 14.4 Å². The summed E-state index contributed by atoms with van der Waals surface area (Å²) in [4.78, 5) is 38.4. The molecule has 0 saturated carbocycles. The van der Waals surface area contributed by atoms with Gasteiger partial charge in [0.05, 0.1) is 0 Å². The van der Waals surface area contributed by atoms with Crippen LogP contribution in [0.5, 0.6) is 0 Å². The average molecular weight is 1110 g/mol. The molecule has 0 N–H and O–H groups in total. The standard InChI is InChI=1S/C74H128O6/c1-4-7-10-13-16-19-22-25-28-30-32-33-34-35-36-37-38-39-40-41-42-44-46-49-52-55-58-61-64-67-73(76)79-70-71(69-78-72(75)66-63-60-57-54-51-48-45-27-24-21-18-15-12-9-6-3)80-74(77)68-65-62-59-56-53-50-47-43-31-29-26-23-20-17-14-11-8-5-2/h7,10,16,19-20,23,25,28-29,31-33,35-36,38-39,71H,4-6,8-9,11-15,17-18,21-22,24,26-27,30,34,37,40-70H2,1-3H3/b10-7-,19-16-,23-20-,28-25-,31-29-,33-32-,36-35-,39-38-. The molecule has 460 valence electrons. The van der Waals surface area contributed by atoms with Gasteiger partial charge in [0.25, 0.3) is 0 Å². The van der Waals surface area contributed by atoms with E-state index in [2.05, 4.69) is 118 Å². The zero-order valence-corrected chi connectivity index (χ0v) is 52.8. The zero-order valence-electron chi connectivity index (χ0n) is 52.8. The SMILES string of the molecule is CC/C=C\C/C=C\C/C=C\C/C=C\C/C=C\C/C=C\CCCCCCCCCCCCC(=O)OCC(COC(=O)CCCCCCCCCCCCCCCCC)OC(=O)CCCCCCCCC/C=C\C/C=C\CCCCCC. The van der Waals surface area contributed by atoms with E-state index in [-0.39, 0.29) is 31.1 Å². The molecule has 0 fully saturated rings. The van der Waals surface area contributed by atoms with Crippen LogP contribution in [0.2, 0.25) is 0 Å². The van der Waals surface area contributed by atoms with Crippen molar-refractivity contribution in [1.82, 2.24) is 0 Å². The van der Waals surface area contributed by atoms with Crippen LogP contribution in [0.3, 0.4) is 0 Å². The molecule has 6 heteroatoms. The summed E-state index contributed by atoms with van der Waals surface area (Å²) in [5, 5.41) is 0. The quantitative estimate of drug-likeness (QED) is 0.0261. The molecule has 1 atom stereocenters. The van der Waals surface area contributed by atoms with Gasteiger partial charge in [-0.05, 0) is 103 Å². The van der Waals surface area contributed by atoms with E-state index in [4.69, 9.17) is 14.2 Å². The molecule has 0 amide bonds. The van der Waals surface area contributed by atoms with Gasteiger partial charge in [0.2, 0.25) is 0 Å². The molecule has 6 nitrogen and oxygen atoms in total. The summed E-state index contributed by atoms with van der Waals surface area (Å²) in [7, 11) is 0. The number of carbonyl (C=O) groups excluding carboxylic acids is 3. The number of esters is 3. The lowest BCUT2D eigenvalue weighted by Gasteiger charge is -2.18. The fraction of sp³-hybridized carbons (Fsp3) is 0.743. The Balaban J connectivity index is 4.31. The summed E-state index contributed by atoms with van der Waals surface area (Å²) in [6.07, 6.45) is 91.3. The number of rotatable bonds is 62. The highest BCUT2D eigenvalue weighted by Crippen LogP contribution is 2.17. The smallest absolute Gasteiger partial charge is 0.306 e. The second-order valence-corrected chi connectivity index (χ2v) is 22.7. The molecule has 80 heavy (non-hydrogen) atoms. The summed E-state index contributed by atoms with van der Waals surface area (Å²) < 4.78 is 17.0. The predicted octanol–water partition coefficient (Wildman–Crippen LogP) is 23.6. The van der Waals surface area contributed by atoms with Crippen molar-refractivity contribution in [3.8, 4) is 0 Å². The molecule has 0 radical (unpaired) electrons. The minimum Gasteiger partial charge on any atom is -0.462 e. The molecule has 0 rings (SSSR count). The van der Waals surface area contributed by atoms with Crippen molar-refractivity contribution in [3.63, 3.8) is 0 Å². The summed E-state index contributed by atoms with van der Waals surface area (Å²) in [6.45, 7) is 6.54. The normalized spacial score (nSPS) is 12.7. The van der Waals surface area contributed by atoms with Crippen LogP contribution in [-0.4, -0.2) is 37.2 Å². The maximum absolute atomic E-state index is 12.9. The van der Waals surface area contributed by atoms with Crippen LogP contribution in [0.15, 0.2) is 97.2 Å². The Hall–Kier alpha value is -3.67. The van der Waals surface area contributed by atoms with Gasteiger partial charge in [-0.2, -0.15) is 0 Å². The Bertz CT molecular complexity index is 1560. The average Bonchev–Trinajstić information content (AvgIpc) is 3.46. The van der Waals surface area contributed by atoms with E-state index in [1.165, 1.54) is 186 Å². The van der Waals surface area contributed by atoms with Gasteiger partial charge in [0, 0.05) is 19.3 Å². The van der Waals surface area contributed by atoms with Crippen molar-refractivity contribution in [2.24, 2.45) is 0 Å². The number of ether oxygens (including phenoxy) is 3. The van der Waals surface area contributed by atoms with Crippen LogP contribution in [0.4, 0.5) is 0 Å². The third kappa shape index (κ3) is 65.1. The lowest BCUT2D eigenvalue weighted by Crippen LogP contribution is -2.30. The maximum Gasteiger partial charge on any atom is 0.306 e. The molecule has 0 spiro atoms. The summed E-state index contributed by atoms with van der Waals surface area (Å²) in [5.74, 6) is -0.875. The lowest BCUT2D eigenvalue weighted by atomic mass is 10.0. The molecule has 0 aromatic carbocycles. The molecule has 0 aliphatic rings. The lowest BCUT2D eigenvalue weighted by molar-refractivity contribution is -0.167. The molecule has 0 aromatic heterocycles. The van der Waals surface area contributed by atoms with Gasteiger partial charge in [0.1, 0.15) is 13.2 Å². The summed E-state index contributed by atoms with van der Waals surface area (Å²) >= 11 is 0. The Morgan fingerprint density at radius 2 is 0.487 bits per heavy atom. The molecule has 0 aromatic rings. The Kier molecular flexibility index (Phi) is 64.7. The van der Waals surface area contributed by atoms with Gasteiger partial charge in [-0.15, -0.1) is 0 Å². The van der Waals surface area contributed by atoms with Crippen LogP contribution >= 0.6 is 0 Å². The van der Waals surface area contributed by atoms with E-state index in [1.807, 2.05) is 0 Å². The fourth-order valence-corrected chi connectivity index (χ4v) is 9.71. The number of allylic oxidation sites excluding steroid dienone is 16. The summed E-state index contributed by atoms with van der Waals surface area (Å²) in [6, 6.07) is 0. The van der Waals surface area contributed by atoms with E-state index in [0.717, 1.165) is 109 Å². The first-order valence-corrected chi connectivity index (χ1v) is 34.2. The zero-order chi connectivity index (χ0) is 57.8. The first-order valence-electron chi connectivity index (χ1n) is 34.2. The molecule has 1 unspecified atom stereocenters. The molecule has 0 heterocycles. The van der Waals surface area contributed by atoms with Crippen LogP contribution < -0.4 is 0 Å². The third-order valence-electron chi connectivity index (χ3n) is 14.8. The van der Waals surface area contributed by atoms with Crippen molar-refractivity contribution < 1.29 is 28.6 Å². The number of hydrogen-bond donors (Lipinski definition) is 0. The van der Waals surface area contributed by atoms with E-state index < -0.39 is 6.10 Å². The van der Waals surface area contributed by atoms with E-state index in [0.29, 0.717) is 19.3 Å². The first kappa shape index (κ1) is 76.3. The van der Waals surface area contributed by atoms with Gasteiger partial charge in [-0.25, -0.2) is 0 Å². The number of hydrogen-bond acceptors (Lipinski definition) is 6. The number of carbonyl (C=O) groups is 3.